The summed E-state index contributed by atoms with van der Waals surface area (Å²) in [6.07, 6.45) is 7.01. The number of nitrogens with one attached hydrogen (secondary N) is 1. The molecule has 18 heavy (non-hydrogen) atoms. The van der Waals surface area contributed by atoms with Crippen molar-refractivity contribution in [2.45, 2.75) is 31.3 Å². The van der Waals surface area contributed by atoms with E-state index < -0.39 is 0 Å². The van der Waals surface area contributed by atoms with Gasteiger partial charge in [-0.3, -0.25) is 4.90 Å². The van der Waals surface area contributed by atoms with Crippen LogP contribution in [-0.4, -0.2) is 45.0 Å². The van der Waals surface area contributed by atoms with Gasteiger partial charge < -0.3 is 11.1 Å². The van der Waals surface area contributed by atoms with Crippen LogP contribution < -0.4 is 11.1 Å². The molecule has 0 radical (unpaired) electrons. The summed E-state index contributed by atoms with van der Waals surface area (Å²) in [5.41, 5.74) is 6.28. The highest BCUT2D eigenvalue weighted by molar-refractivity contribution is 7.80. The highest BCUT2D eigenvalue weighted by atomic mass is 32.1. The molecule has 1 aromatic rings. The van der Waals surface area contributed by atoms with Gasteiger partial charge in [-0.2, -0.15) is 0 Å². The molecule has 96 valence electrons. The van der Waals surface area contributed by atoms with E-state index in [-0.39, 0.29) is 0 Å². The molecule has 0 aliphatic carbocycles. The lowest BCUT2D eigenvalue weighted by molar-refractivity contribution is 0.318. The topological polar surface area (TPSA) is 67.1 Å². The van der Waals surface area contributed by atoms with E-state index >= 15 is 0 Å². The number of thiocarbonyl (C=S) groups is 1. The first-order chi connectivity index (χ1) is 8.75. The first-order valence-electron chi connectivity index (χ1n) is 6.37. The van der Waals surface area contributed by atoms with Crippen LogP contribution in [0.5, 0.6) is 0 Å². The Morgan fingerprint density at radius 2 is 2.17 bits per heavy atom. The number of aromatic nitrogens is 2. The fraction of sp³-hybridized carbons (Fsp3) is 0.583. The van der Waals surface area contributed by atoms with Crippen LogP contribution >= 0.6 is 12.2 Å². The Bertz CT molecular complexity index is 464. The summed E-state index contributed by atoms with van der Waals surface area (Å²) in [7, 11) is 0. The Labute approximate surface area is 112 Å². The van der Waals surface area contributed by atoms with Gasteiger partial charge in [0.15, 0.2) is 5.82 Å². The van der Waals surface area contributed by atoms with Crippen molar-refractivity contribution in [3.8, 4) is 0 Å². The van der Waals surface area contributed by atoms with Gasteiger partial charge in [-0.1, -0.05) is 12.2 Å². The molecule has 3 heterocycles. The third-order valence-corrected chi connectivity index (χ3v) is 4.05. The Kier molecular flexibility index (Phi) is 3.13. The van der Waals surface area contributed by atoms with Gasteiger partial charge in [0, 0.05) is 31.0 Å². The monoisotopic (exact) mass is 263 g/mol. The lowest BCUT2D eigenvalue weighted by atomic mass is 10.1. The van der Waals surface area contributed by atoms with Crippen LogP contribution in [0.3, 0.4) is 0 Å². The van der Waals surface area contributed by atoms with Crippen LogP contribution in [0.2, 0.25) is 0 Å². The van der Waals surface area contributed by atoms with Crippen LogP contribution in [0.15, 0.2) is 12.4 Å². The smallest absolute Gasteiger partial charge is 0.155 e. The van der Waals surface area contributed by atoms with Crippen LogP contribution in [0.4, 0.5) is 5.82 Å². The minimum Gasteiger partial charge on any atom is -0.388 e. The van der Waals surface area contributed by atoms with Gasteiger partial charge in [0.05, 0.1) is 0 Å². The second-order valence-corrected chi connectivity index (χ2v) is 5.34. The van der Waals surface area contributed by atoms with Gasteiger partial charge in [0.2, 0.25) is 0 Å². The van der Waals surface area contributed by atoms with Crippen molar-refractivity contribution in [1.82, 2.24) is 14.9 Å². The van der Waals surface area contributed by atoms with E-state index in [9.17, 15) is 0 Å². The van der Waals surface area contributed by atoms with Gasteiger partial charge in [-0.25, -0.2) is 9.97 Å². The van der Waals surface area contributed by atoms with E-state index in [2.05, 4.69) is 20.2 Å². The third kappa shape index (κ3) is 2.06. The maximum absolute atomic E-state index is 5.67. The Hall–Kier alpha value is -1.27. The largest absolute Gasteiger partial charge is 0.388 e. The number of nitrogens with zero attached hydrogens (tertiary/aromatic N) is 3. The predicted molar refractivity (Wildman–Crippen MR) is 74.5 cm³/mol. The summed E-state index contributed by atoms with van der Waals surface area (Å²) in [6.45, 7) is 2.40. The quantitative estimate of drug-likeness (QED) is 0.785. The summed E-state index contributed by atoms with van der Waals surface area (Å²) in [6, 6.07) is 1.07. The van der Waals surface area contributed by atoms with Gasteiger partial charge in [-0.15, -0.1) is 0 Å². The number of nitrogens with two attached hydrogens (primary N) is 1. The number of fused-ring (bicyclic) bond motifs is 1. The maximum atomic E-state index is 5.67. The molecule has 2 atom stereocenters. The minimum atomic E-state index is 0.298. The molecule has 0 bridgehead atoms. The van der Waals surface area contributed by atoms with E-state index in [1.54, 1.807) is 12.4 Å². The standard InChI is InChI=1S/C12H17N5S/c13-11(18)10-12(15-5-4-14-10)16-8-3-7-17-6-1-2-9(8)17/h4-5,8-9H,1-3,6-7H2,(H2,13,18)(H,15,16). The summed E-state index contributed by atoms with van der Waals surface area (Å²) in [4.78, 5) is 11.4. The van der Waals surface area contributed by atoms with E-state index in [0.717, 1.165) is 12.2 Å². The normalized spacial score (nSPS) is 27.1. The van der Waals surface area contributed by atoms with Crippen molar-refractivity contribution in [3.63, 3.8) is 0 Å². The molecule has 3 N–H and O–H groups in total. The Balaban J connectivity index is 1.78. The average molecular weight is 263 g/mol. The zero-order valence-electron chi connectivity index (χ0n) is 10.2. The highest BCUT2D eigenvalue weighted by Crippen LogP contribution is 2.30. The van der Waals surface area contributed by atoms with E-state index in [0.29, 0.717) is 22.8 Å². The van der Waals surface area contributed by atoms with Crippen molar-refractivity contribution in [1.29, 1.82) is 0 Å². The maximum Gasteiger partial charge on any atom is 0.155 e. The predicted octanol–water partition coefficient (Wildman–Crippen LogP) is 0.759. The van der Waals surface area contributed by atoms with Crippen LogP contribution in [0.25, 0.3) is 0 Å². The molecule has 0 amide bonds. The Morgan fingerprint density at radius 3 is 3.00 bits per heavy atom. The summed E-state index contributed by atoms with van der Waals surface area (Å²) in [5, 5.41) is 3.48. The molecule has 2 aliphatic heterocycles. The SMILES string of the molecule is NC(=S)c1nccnc1NC1CCN2CCCC12. The lowest BCUT2D eigenvalue weighted by Crippen LogP contribution is -2.34. The Morgan fingerprint density at radius 1 is 1.33 bits per heavy atom. The first-order valence-corrected chi connectivity index (χ1v) is 6.78. The number of hydrogen-bond donors (Lipinski definition) is 2. The fourth-order valence-electron chi connectivity index (χ4n) is 3.05. The molecule has 3 rings (SSSR count). The van der Waals surface area contributed by atoms with E-state index in [1.807, 2.05) is 0 Å². The average Bonchev–Trinajstić information content (AvgIpc) is 2.94. The molecule has 0 aromatic carbocycles. The molecule has 5 nitrogen and oxygen atoms in total. The van der Waals surface area contributed by atoms with E-state index in [1.165, 1.54) is 25.9 Å². The number of hydrogen-bond acceptors (Lipinski definition) is 5. The van der Waals surface area contributed by atoms with Crippen molar-refractivity contribution in [2.24, 2.45) is 5.73 Å². The molecule has 2 saturated heterocycles. The van der Waals surface area contributed by atoms with E-state index in [4.69, 9.17) is 18.0 Å². The number of anilines is 1. The summed E-state index contributed by atoms with van der Waals surface area (Å²) < 4.78 is 0. The number of rotatable bonds is 3. The lowest BCUT2D eigenvalue weighted by Gasteiger charge is -2.22. The molecule has 1 aromatic heterocycles. The molecular formula is C12H17N5S. The fourth-order valence-corrected chi connectivity index (χ4v) is 3.20. The third-order valence-electron chi connectivity index (χ3n) is 3.86. The minimum absolute atomic E-state index is 0.298. The summed E-state index contributed by atoms with van der Waals surface area (Å²) >= 11 is 5.01. The van der Waals surface area contributed by atoms with Gasteiger partial charge in [0.1, 0.15) is 10.7 Å². The second kappa shape index (κ2) is 4.78. The molecule has 2 unspecified atom stereocenters. The molecular weight excluding hydrogens is 246 g/mol. The molecule has 0 spiro atoms. The second-order valence-electron chi connectivity index (χ2n) is 4.90. The molecule has 6 heteroatoms. The van der Waals surface area contributed by atoms with Crippen molar-refractivity contribution in [2.75, 3.05) is 18.4 Å². The molecule has 2 fully saturated rings. The molecule has 2 aliphatic rings. The van der Waals surface area contributed by atoms with Crippen LogP contribution in [0.1, 0.15) is 25.0 Å². The van der Waals surface area contributed by atoms with Crippen molar-refractivity contribution in [3.05, 3.63) is 18.1 Å². The van der Waals surface area contributed by atoms with Crippen LogP contribution in [-0.2, 0) is 0 Å². The molecule has 0 saturated carbocycles. The van der Waals surface area contributed by atoms with Gasteiger partial charge in [-0.05, 0) is 25.8 Å². The van der Waals surface area contributed by atoms with Crippen molar-refractivity contribution >= 4 is 23.0 Å². The zero-order chi connectivity index (χ0) is 12.5. The van der Waals surface area contributed by atoms with Gasteiger partial charge >= 0.3 is 0 Å². The highest BCUT2D eigenvalue weighted by Gasteiger charge is 2.37. The summed E-state index contributed by atoms with van der Waals surface area (Å²) in [5.74, 6) is 0.726. The van der Waals surface area contributed by atoms with Gasteiger partial charge in [0.25, 0.3) is 0 Å². The zero-order valence-corrected chi connectivity index (χ0v) is 11.0. The first kappa shape index (κ1) is 11.8. The van der Waals surface area contributed by atoms with Crippen molar-refractivity contribution < 1.29 is 0 Å². The van der Waals surface area contributed by atoms with Crippen LogP contribution in [0, 0.1) is 0 Å².